The second kappa shape index (κ2) is 8.35. The maximum absolute atomic E-state index is 12.5. The first-order valence-electron chi connectivity index (χ1n) is 8.68. The molecule has 0 radical (unpaired) electrons. The number of rotatable bonds is 4. The molecule has 0 atom stereocenters. The Hall–Kier alpha value is -1.12. The Morgan fingerprint density at radius 1 is 0.952 bits per heavy atom. The summed E-state index contributed by atoms with van der Waals surface area (Å²) in [5.41, 5.74) is 1.79. The summed E-state index contributed by atoms with van der Waals surface area (Å²) in [6, 6.07) is 0.704. The van der Waals surface area contributed by atoms with Gasteiger partial charge < -0.3 is 5.32 Å². The lowest BCUT2D eigenvalue weighted by Gasteiger charge is -2.23. The third kappa shape index (κ3) is 5.64. The van der Waals surface area contributed by atoms with Crippen LogP contribution < -0.4 is 5.32 Å². The van der Waals surface area contributed by atoms with Crippen LogP contribution in [0.15, 0.2) is 16.6 Å². The van der Waals surface area contributed by atoms with Crippen molar-refractivity contribution in [2.24, 2.45) is 4.99 Å². The predicted molar refractivity (Wildman–Crippen MR) is 88.8 cm³/mol. The molecule has 1 amide bonds. The van der Waals surface area contributed by atoms with E-state index in [9.17, 15) is 4.79 Å². The van der Waals surface area contributed by atoms with Crippen molar-refractivity contribution in [3.8, 4) is 0 Å². The Kier molecular flexibility index (Phi) is 6.47. The Balaban J connectivity index is 2.01. The van der Waals surface area contributed by atoms with Gasteiger partial charge in [0.25, 0.3) is 5.91 Å². The monoisotopic (exact) mass is 290 g/mol. The molecule has 2 aliphatic carbocycles. The number of carbonyl (C=O) groups excluding carboxylic acids is 1. The Morgan fingerprint density at radius 2 is 1.52 bits per heavy atom. The molecule has 21 heavy (non-hydrogen) atoms. The zero-order chi connectivity index (χ0) is 15.1. The Morgan fingerprint density at radius 3 is 2.10 bits per heavy atom. The molecule has 0 aromatic carbocycles. The predicted octanol–water partition coefficient (Wildman–Crippen LogP) is 4.18. The first-order chi connectivity index (χ1) is 10.1. The summed E-state index contributed by atoms with van der Waals surface area (Å²) in [5.74, 6) is 0.0358. The molecule has 2 saturated carbocycles. The summed E-state index contributed by atoms with van der Waals surface area (Å²) in [6.07, 6.45) is 14.1. The highest BCUT2D eigenvalue weighted by Gasteiger charge is 2.20. The molecule has 0 aromatic rings. The summed E-state index contributed by atoms with van der Waals surface area (Å²) in [4.78, 5) is 17.3. The van der Waals surface area contributed by atoms with Gasteiger partial charge in [0, 0.05) is 6.04 Å². The molecule has 2 aliphatic rings. The smallest absolute Gasteiger partial charge is 0.269 e. The topological polar surface area (TPSA) is 41.5 Å². The summed E-state index contributed by atoms with van der Waals surface area (Å²) in [6.45, 7) is 4.06. The summed E-state index contributed by atoms with van der Waals surface area (Å²) in [5, 5.41) is 3.20. The summed E-state index contributed by atoms with van der Waals surface area (Å²) < 4.78 is 0. The molecule has 2 fully saturated rings. The zero-order valence-electron chi connectivity index (χ0n) is 13.7. The van der Waals surface area contributed by atoms with Crippen molar-refractivity contribution in [3.63, 3.8) is 0 Å². The minimum absolute atomic E-state index is 0.0358. The number of nitrogens with zero attached hydrogens (tertiary/aromatic N) is 1. The highest BCUT2D eigenvalue weighted by atomic mass is 16.1. The van der Waals surface area contributed by atoms with Crippen molar-refractivity contribution in [2.75, 3.05) is 0 Å². The van der Waals surface area contributed by atoms with E-state index in [1.807, 2.05) is 19.9 Å². The largest absolute Gasteiger partial charge is 0.348 e. The van der Waals surface area contributed by atoms with Crippen LogP contribution in [0, 0.1) is 0 Å². The molecule has 0 bridgehead atoms. The van der Waals surface area contributed by atoms with Gasteiger partial charge in [-0.1, -0.05) is 44.1 Å². The number of allylic oxidation sites excluding steroid dienone is 1. The van der Waals surface area contributed by atoms with E-state index >= 15 is 0 Å². The fraction of sp³-hybridized carbons (Fsp3) is 0.778. The quantitative estimate of drug-likeness (QED) is 0.775. The van der Waals surface area contributed by atoms with Crippen molar-refractivity contribution in [1.29, 1.82) is 0 Å². The van der Waals surface area contributed by atoms with E-state index in [1.165, 1.54) is 38.5 Å². The van der Waals surface area contributed by atoms with Gasteiger partial charge in [-0.3, -0.25) is 9.79 Å². The minimum atomic E-state index is 0.0358. The molecule has 0 spiro atoms. The average Bonchev–Trinajstić information content (AvgIpc) is 2.48. The molecule has 0 unspecified atom stereocenters. The number of hydrogen-bond acceptors (Lipinski definition) is 2. The van der Waals surface area contributed by atoms with Gasteiger partial charge in [-0.05, 0) is 45.6 Å². The van der Waals surface area contributed by atoms with E-state index in [0.29, 0.717) is 17.8 Å². The number of nitrogens with one attached hydrogen (secondary N) is 1. The Labute approximate surface area is 129 Å². The maximum Gasteiger partial charge on any atom is 0.269 e. The molecule has 0 aliphatic heterocycles. The molecule has 1 N–H and O–H groups in total. The van der Waals surface area contributed by atoms with E-state index in [-0.39, 0.29) is 5.91 Å². The lowest BCUT2D eigenvalue weighted by atomic mass is 9.95. The van der Waals surface area contributed by atoms with Crippen LogP contribution in [0.4, 0.5) is 0 Å². The molecular formula is C18H30N2O. The molecule has 0 saturated heterocycles. The van der Waals surface area contributed by atoms with Gasteiger partial charge in [0.2, 0.25) is 0 Å². The number of carbonyl (C=O) groups is 1. The van der Waals surface area contributed by atoms with Crippen molar-refractivity contribution in [1.82, 2.24) is 5.32 Å². The maximum atomic E-state index is 12.5. The zero-order valence-corrected chi connectivity index (χ0v) is 13.7. The van der Waals surface area contributed by atoms with Gasteiger partial charge in [-0.2, -0.15) is 0 Å². The lowest BCUT2D eigenvalue weighted by Crippen LogP contribution is -2.40. The van der Waals surface area contributed by atoms with Crippen LogP contribution >= 0.6 is 0 Å². The van der Waals surface area contributed by atoms with Gasteiger partial charge in [0.05, 0.1) is 6.04 Å². The van der Waals surface area contributed by atoms with Crippen molar-refractivity contribution < 1.29 is 4.79 Å². The molecular weight excluding hydrogens is 260 g/mol. The second-order valence-corrected chi connectivity index (χ2v) is 6.84. The van der Waals surface area contributed by atoms with E-state index in [1.54, 1.807) is 0 Å². The molecule has 0 aromatic heterocycles. The molecule has 118 valence electrons. The van der Waals surface area contributed by atoms with Crippen molar-refractivity contribution >= 4 is 11.6 Å². The van der Waals surface area contributed by atoms with E-state index in [0.717, 1.165) is 31.3 Å². The van der Waals surface area contributed by atoms with Gasteiger partial charge >= 0.3 is 0 Å². The first kappa shape index (κ1) is 16.3. The van der Waals surface area contributed by atoms with Crippen LogP contribution in [-0.2, 0) is 4.79 Å². The summed E-state index contributed by atoms with van der Waals surface area (Å²) in [7, 11) is 0. The fourth-order valence-corrected chi connectivity index (χ4v) is 3.35. The van der Waals surface area contributed by atoms with E-state index < -0.39 is 0 Å². The van der Waals surface area contributed by atoms with Crippen LogP contribution in [0.3, 0.4) is 0 Å². The molecule has 0 heterocycles. The van der Waals surface area contributed by atoms with Crippen LogP contribution in [0.5, 0.6) is 0 Å². The van der Waals surface area contributed by atoms with E-state index in [2.05, 4.69) is 5.32 Å². The SMILES string of the molecule is CC(C)=CC(=NC1CCCCC1)C(=O)NC1CCCCC1. The average molecular weight is 290 g/mol. The second-order valence-electron chi connectivity index (χ2n) is 6.84. The fourth-order valence-electron chi connectivity index (χ4n) is 3.35. The highest BCUT2D eigenvalue weighted by Crippen LogP contribution is 2.21. The third-order valence-electron chi connectivity index (χ3n) is 4.49. The van der Waals surface area contributed by atoms with Gasteiger partial charge in [-0.25, -0.2) is 0 Å². The van der Waals surface area contributed by atoms with Crippen LogP contribution in [0.25, 0.3) is 0 Å². The third-order valence-corrected chi connectivity index (χ3v) is 4.49. The number of hydrogen-bond donors (Lipinski definition) is 1. The number of amides is 1. The van der Waals surface area contributed by atoms with Crippen LogP contribution in [0.2, 0.25) is 0 Å². The van der Waals surface area contributed by atoms with Gasteiger partial charge in [0.1, 0.15) is 5.71 Å². The number of aliphatic imine (C=N–C) groups is 1. The lowest BCUT2D eigenvalue weighted by molar-refractivity contribution is -0.115. The minimum Gasteiger partial charge on any atom is -0.348 e. The molecule has 3 heteroatoms. The van der Waals surface area contributed by atoms with Gasteiger partial charge in [-0.15, -0.1) is 0 Å². The summed E-state index contributed by atoms with van der Waals surface area (Å²) >= 11 is 0. The molecule has 3 nitrogen and oxygen atoms in total. The van der Waals surface area contributed by atoms with Crippen molar-refractivity contribution in [3.05, 3.63) is 11.6 Å². The van der Waals surface area contributed by atoms with Gasteiger partial charge in [0.15, 0.2) is 0 Å². The first-order valence-corrected chi connectivity index (χ1v) is 8.68. The van der Waals surface area contributed by atoms with E-state index in [4.69, 9.17) is 4.99 Å². The standard InChI is InChI=1S/C18H30N2O/c1-14(2)13-17(19-15-9-5-3-6-10-15)18(21)20-16-11-7-4-8-12-16/h13,15-16H,3-12H2,1-2H3,(H,20,21). The van der Waals surface area contributed by atoms with Crippen LogP contribution in [0.1, 0.15) is 78.1 Å². The van der Waals surface area contributed by atoms with Crippen molar-refractivity contribution in [2.45, 2.75) is 90.1 Å². The normalized spacial score (nSPS) is 21.9. The molecule has 2 rings (SSSR count). The highest BCUT2D eigenvalue weighted by molar-refractivity contribution is 6.43. The van der Waals surface area contributed by atoms with Crippen LogP contribution in [-0.4, -0.2) is 23.7 Å². The Bertz CT molecular complexity index is 395.